The van der Waals surface area contributed by atoms with Crippen LogP contribution in [0.4, 0.5) is 0 Å². The van der Waals surface area contributed by atoms with Gasteiger partial charge in [-0.2, -0.15) is 0 Å². The van der Waals surface area contributed by atoms with Crippen molar-refractivity contribution in [2.75, 3.05) is 0 Å². The zero-order valence-electron chi connectivity index (χ0n) is 13.1. The number of hydrogen-bond acceptors (Lipinski definition) is 3. The summed E-state index contributed by atoms with van der Waals surface area (Å²) in [6.07, 6.45) is 9.37. The molecule has 0 aromatic carbocycles. The fraction of sp³-hybridized carbons (Fsp3) is 0.222. The molecule has 0 bridgehead atoms. The van der Waals surface area contributed by atoms with Crippen LogP contribution in [0, 0.1) is 0 Å². The summed E-state index contributed by atoms with van der Waals surface area (Å²) in [6.45, 7) is 3.73. The molecule has 0 amide bonds. The van der Waals surface area contributed by atoms with Crippen LogP contribution < -0.4 is 9.13 Å². The van der Waals surface area contributed by atoms with Crippen LogP contribution in [0.15, 0.2) is 59.6 Å². The summed E-state index contributed by atoms with van der Waals surface area (Å²) in [5.41, 5.74) is 2.81. The molecule has 23 heavy (non-hydrogen) atoms. The van der Waals surface area contributed by atoms with E-state index in [0.29, 0.717) is 13.0 Å². The molecule has 0 fully saturated rings. The molecule has 5 heteroatoms. The average Bonchev–Trinajstić information content (AvgIpc) is 3.10. The van der Waals surface area contributed by atoms with Crippen molar-refractivity contribution < 1.29 is 18.5 Å². The molecular formula is C18H19N3O2+2. The van der Waals surface area contributed by atoms with E-state index in [1.54, 1.807) is 0 Å². The van der Waals surface area contributed by atoms with Crippen LogP contribution >= 0.6 is 0 Å². The lowest BCUT2D eigenvalue weighted by atomic mass is 10.1. The second-order valence-electron chi connectivity index (χ2n) is 5.27. The Labute approximate surface area is 134 Å². The molecule has 0 aliphatic heterocycles. The molecule has 3 rings (SSSR count). The highest BCUT2D eigenvalue weighted by molar-refractivity contribution is 5.65. The number of aldehydes is 1. The van der Waals surface area contributed by atoms with Gasteiger partial charge in [-0.25, -0.2) is 9.13 Å². The SMILES string of the molecule is CC[n+]1ccc(-c2cc(-c3cc[n+](CCC=O)cc3)on2)cc1. The molecule has 0 unspecified atom stereocenters. The van der Waals surface area contributed by atoms with Crippen molar-refractivity contribution in [3.63, 3.8) is 0 Å². The summed E-state index contributed by atoms with van der Waals surface area (Å²) < 4.78 is 9.53. The van der Waals surface area contributed by atoms with Gasteiger partial charge < -0.3 is 9.32 Å². The van der Waals surface area contributed by atoms with E-state index in [4.69, 9.17) is 4.52 Å². The van der Waals surface area contributed by atoms with E-state index < -0.39 is 0 Å². The summed E-state index contributed by atoms with van der Waals surface area (Å²) in [4.78, 5) is 10.4. The van der Waals surface area contributed by atoms with E-state index in [2.05, 4.69) is 16.6 Å². The topological polar surface area (TPSA) is 50.9 Å². The standard InChI is InChI=1S/C18H19N3O2/c1-2-20-9-4-15(5-10-20)17-14-18(23-19-17)16-6-11-21(12-7-16)8-3-13-22/h4-7,9-14H,2-3,8H2,1H3/q+2. The van der Waals surface area contributed by atoms with E-state index in [1.807, 2.05) is 59.7 Å². The van der Waals surface area contributed by atoms with Crippen molar-refractivity contribution in [3.8, 4) is 22.6 Å². The molecule has 0 spiro atoms. The summed E-state index contributed by atoms with van der Waals surface area (Å²) in [5, 5.41) is 4.15. The lowest BCUT2D eigenvalue weighted by molar-refractivity contribution is -0.695. The first-order valence-electron chi connectivity index (χ1n) is 7.69. The third kappa shape index (κ3) is 3.51. The van der Waals surface area contributed by atoms with Gasteiger partial charge in [0.25, 0.3) is 0 Å². The molecule has 116 valence electrons. The number of nitrogens with zero attached hydrogens (tertiary/aromatic N) is 3. The van der Waals surface area contributed by atoms with Crippen molar-refractivity contribution in [1.82, 2.24) is 5.16 Å². The Morgan fingerprint density at radius 1 is 1.04 bits per heavy atom. The molecule has 5 nitrogen and oxygen atoms in total. The maximum atomic E-state index is 10.4. The normalized spacial score (nSPS) is 10.7. The zero-order chi connectivity index (χ0) is 16.1. The van der Waals surface area contributed by atoms with Crippen molar-refractivity contribution in [2.45, 2.75) is 26.4 Å². The number of hydrogen-bond donors (Lipinski definition) is 0. The first kappa shape index (κ1) is 15.1. The van der Waals surface area contributed by atoms with Crippen LogP contribution in [0.3, 0.4) is 0 Å². The van der Waals surface area contributed by atoms with Crippen molar-refractivity contribution in [2.24, 2.45) is 0 Å². The number of aryl methyl sites for hydroxylation is 2. The van der Waals surface area contributed by atoms with Crippen molar-refractivity contribution in [1.29, 1.82) is 0 Å². The molecule has 3 aromatic heterocycles. The number of rotatable bonds is 6. The first-order valence-corrected chi connectivity index (χ1v) is 7.69. The molecule has 3 heterocycles. The largest absolute Gasteiger partial charge is 0.356 e. The molecule has 0 N–H and O–H groups in total. The minimum absolute atomic E-state index is 0.516. The van der Waals surface area contributed by atoms with E-state index in [-0.39, 0.29) is 0 Å². The van der Waals surface area contributed by atoms with Gasteiger partial charge in [0.15, 0.2) is 37.1 Å². The van der Waals surface area contributed by atoms with Gasteiger partial charge in [0, 0.05) is 41.5 Å². The number of pyridine rings is 2. The van der Waals surface area contributed by atoms with Crippen LogP contribution in [0.1, 0.15) is 13.3 Å². The maximum absolute atomic E-state index is 10.4. The fourth-order valence-corrected chi connectivity index (χ4v) is 2.36. The lowest BCUT2D eigenvalue weighted by Crippen LogP contribution is -2.32. The van der Waals surface area contributed by atoms with Gasteiger partial charge in [-0.05, 0) is 6.92 Å². The lowest BCUT2D eigenvalue weighted by Gasteiger charge is -1.95. The number of aromatic nitrogens is 3. The summed E-state index contributed by atoms with van der Waals surface area (Å²) in [6, 6.07) is 9.93. The third-order valence-electron chi connectivity index (χ3n) is 3.74. The molecule has 0 atom stereocenters. The van der Waals surface area contributed by atoms with Crippen LogP contribution in [0.5, 0.6) is 0 Å². The molecule has 3 aromatic rings. The van der Waals surface area contributed by atoms with Crippen LogP contribution in [0.2, 0.25) is 0 Å². The molecule has 0 aliphatic rings. The fourth-order valence-electron chi connectivity index (χ4n) is 2.36. The summed E-state index contributed by atoms with van der Waals surface area (Å²) in [7, 11) is 0. The smallest absolute Gasteiger partial charge is 0.169 e. The molecule has 0 aliphatic carbocycles. The maximum Gasteiger partial charge on any atom is 0.169 e. The summed E-state index contributed by atoms with van der Waals surface area (Å²) in [5.74, 6) is 0.731. The predicted octanol–water partition coefficient (Wildman–Crippen LogP) is 2.19. The second-order valence-corrected chi connectivity index (χ2v) is 5.27. The van der Waals surface area contributed by atoms with Gasteiger partial charge >= 0.3 is 0 Å². The zero-order valence-corrected chi connectivity index (χ0v) is 13.1. The first-order chi connectivity index (χ1) is 11.3. The van der Waals surface area contributed by atoms with Gasteiger partial charge in [0.1, 0.15) is 18.5 Å². The van der Waals surface area contributed by atoms with Gasteiger partial charge in [0.2, 0.25) is 0 Å². The Hall–Kier alpha value is -2.82. The quantitative estimate of drug-likeness (QED) is 0.518. The van der Waals surface area contributed by atoms with Gasteiger partial charge in [-0.15, -0.1) is 0 Å². The van der Waals surface area contributed by atoms with E-state index >= 15 is 0 Å². The molecule has 0 saturated carbocycles. The van der Waals surface area contributed by atoms with Gasteiger partial charge in [-0.3, -0.25) is 0 Å². The Morgan fingerprint density at radius 3 is 2.35 bits per heavy atom. The highest BCUT2D eigenvalue weighted by Gasteiger charge is 2.11. The third-order valence-corrected chi connectivity index (χ3v) is 3.74. The molecule has 0 radical (unpaired) electrons. The highest BCUT2D eigenvalue weighted by atomic mass is 16.5. The average molecular weight is 309 g/mol. The van der Waals surface area contributed by atoms with Gasteiger partial charge in [0.05, 0.1) is 6.42 Å². The molecule has 0 saturated heterocycles. The minimum Gasteiger partial charge on any atom is -0.356 e. The predicted molar refractivity (Wildman–Crippen MR) is 84.1 cm³/mol. The Kier molecular flexibility index (Phi) is 4.57. The summed E-state index contributed by atoms with van der Waals surface area (Å²) >= 11 is 0. The second kappa shape index (κ2) is 6.96. The molecular weight excluding hydrogens is 290 g/mol. The Bertz CT molecular complexity index is 777. The van der Waals surface area contributed by atoms with Crippen molar-refractivity contribution >= 4 is 6.29 Å². The van der Waals surface area contributed by atoms with E-state index in [1.165, 1.54) is 0 Å². The van der Waals surface area contributed by atoms with Crippen LogP contribution in [-0.2, 0) is 17.9 Å². The minimum atomic E-state index is 0.516. The van der Waals surface area contributed by atoms with Crippen LogP contribution in [-0.4, -0.2) is 11.4 Å². The number of carbonyl (C=O) groups excluding carboxylic acids is 1. The Balaban J connectivity index is 1.79. The number of carbonyl (C=O) groups is 1. The highest BCUT2D eigenvalue weighted by Crippen LogP contribution is 2.24. The van der Waals surface area contributed by atoms with Gasteiger partial charge in [-0.1, -0.05) is 5.16 Å². The monoisotopic (exact) mass is 309 g/mol. The van der Waals surface area contributed by atoms with Crippen molar-refractivity contribution in [3.05, 3.63) is 55.1 Å². The van der Waals surface area contributed by atoms with Crippen LogP contribution in [0.25, 0.3) is 22.6 Å². The van der Waals surface area contributed by atoms with E-state index in [9.17, 15) is 4.79 Å². The van der Waals surface area contributed by atoms with E-state index in [0.717, 1.165) is 35.4 Å². The Morgan fingerprint density at radius 2 is 1.70 bits per heavy atom.